The molecule has 3 atom stereocenters. The predicted octanol–water partition coefficient (Wildman–Crippen LogP) is 3.25. The number of hydrogen-bond donors (Lipinski definition) is 1. The normalized spacial score (nSPS) is 22.5. The molecule has 4 heterocycles. The molecule has 2 unspecified atom stereocenters. The summed E-state index contributed by atoms with van der Waals surface area (Å²) in [5.74, 6) is 1.98. The van der Waals surface area contributed by atoms with Crippen molar-refractivity contribution in [2.45, 2.75) is 38.8 Å². The molecule has 1 saturated heterocycles. The molecule has 0 aromatic carbocycles. The third kappa shape index (κ3) is 3.64. The van der Waals surface area contributed by atoms with Crippen molar-refractivity contribution in [1.29, 1.82) is 0 Å². The molecule has 2 amide bonds. The van der Waals surface area contributed by atoms with Crippen molar-refractivity contribution < 1.29 is 9.53 Å². The lowest BCUT2D eigenvalue weighted by atomic mass is 10.0. The Morgan fingerprint density at radius 2 is 2.03 bits per heavy atom. The molecule has 10 nitrogen and oxygen atoms in total. The lowest BCUT2D eigenvalue weighted by Crippen LogP contribution is -2.36. The lowest BCUT2D eigenvalue weighted by molar-refractivity contribution is 0.218. The zero-order chi connectivity index (χ0) is 22.4. The van der Waals surface area contributed by atoms with Gasteiger partial charge in [0.15, 0.2) is 0 Å². The van der Waals surface area contributed by atoms with E-state index in [1.165, 1.54) is 7.11 Å². The van der Waals surface area contributed by atoms with Crippen LogP contribution in [0.1, 0.15) is 32.7 Å². The molecule has 3 aromatic rings. The molecular formula is C21H28N8O2S. The van der Waals surface area contributed by atoms with E-state index in [9.17, 15) is 4.79 Å². The zero-order valence-electron chi connectivity index (χ0n) is 18.7. The average Bonchev–Trinajstić information content (AvgIpc) is 3.54. The summed E-state index contributed by atoms with van der Waals surface area (Å²) >= 11 is 1.12. The Morgan fingerprint density at radius 3 is 2.69 bits per heavy atom. The van der Waals surface area contributed by atoms with E-state index in [0.717, 1.165) is 54.3 Å². The number of urea groups is 1. The first-order chi connectivity index (χ1) is 15.4. The van der Waals surface area contributed by atoms with Gasteiger partial charge in [0.1, 0.15) is 17.8 Å². The van der Waals surface area contributed by atoms with Gasteiger partial charge in [0, 0.05) is 50.0 Å². The number of ether oxygens (including phenoxy) is 1. The van der Waals surface area contributed by atoms with Crippen LogP contribution in [0.2, 0.25) is 0 Å². The summed E-state index contributed by atoms with van der Waals surface area (Å²) in [4.78, 5) is 30.1. The van der Waals surface area contributed by atoms with Gasteiger partial charge in [-0.05, 0) is 44.6 Å². The average molecular weight is 457 g/mol. The third-order valence-electron chi connectivity index (χ3n) is 6.74. The number of rotatable bonds is 5. The highest BCUT2D eigenvalue weighted by molar-refractivity contribution is 7.10. The Kier molecular flexibility index (Phi) is 5.36. The van der Waals surface area contributed by atoms with E-state index >= 15 is 0 Å². The first-order valence-corrected chi connectivity index (χ1v) is 11.7. The molecule has 0 bridgehead atoms. The number of likely N-dealkylation sites (tertiary alicyclic amines) is 1. The first kappa shape index (κ1) is 20.9. The molecule has 0 radical (unpaired) electrons. The Hall–Kier alpha value is -2.95. The molecule has 2 fully saturated rings. The number of fused-ring (bicyclic) bond motifs is 2. The number of hydrogen-bond acceptors (Lipinski definition) is 8. The molecule has 1 aliphatic carbocycles. The Balaban J connectivity index is 1.24. The van der Waals surface area contributed by atoms with Gasteiger partial charge in [0.25, 0.3) is 0 Å². The summed E-state index contributed by atoms with van der Waals surface area (Å²) in [6.07, 6.45) is 5.86. The summed E-state index contributed by atoms with van der Waals surface area (Å²) in [5.41, 5.74) is 0.978. The SMILES string of the molecule is COc1nsc(NC(=O)N2CC3CC(N(C)c4ncnc5c4ccn5C(C)C)C[C@@H]3C2)n1. The van der Waals surface area contributed by atoms with E-state index in [4.69, 9.17) is 4.74 Å². The van der Waals surface area contributed by atoms with Crippen molar-refractivity contribution in [3.8, 4) is 6.01 Å². The van der Waals surface area contributed by atoms with Crippen LogP contribution < -0.4 is 15.0 Å². The standard InChI is InChI=1S/C21H28N8O2S/c1-12(2)29-6-5-16-17(22-11-23-18(16)29)27(3)15-7-13-9-28(10-14(13)8-15)21(30)25-20-24-19(31-4)26-32-20/h5-6,11-15H,7-10H2,1-4H3,(H,24,25,26,30)/t13-,14?,15?/m1/s1. The van der Waals surface area contributed by atoms with Crippen molar-refractivity contribution in [3.63, 3.8) is 0 Å². The number of methoxy groups -OCH3 is 1. The Bertz CT molecular complexity index is 1110. The monoisotopic (exact) mass is 456 g/mol. The summed E-state index contributed by atoms with van der Waals surface area (Å²) in [6, 6.07) is 3.03. The van der Waals surface area contributed by atoms with Crippen molar-refractivity contribution in [2.75, 3.05) is 37.5 Å². The molecule has 1 aliphatic heterocycles. The van der Waals surface area contributed by atoms with Crippen LogP contribution >= 0.6 is 11.5 Å². The van der Waals surface area contributed by atoms with Gasteiger partial charge in [-0.25, -0.2) is 14.8 Å². The van der Waals surface area contributed by atoms with Crippen molar-refractivity contribution in [3.05, 3.63) is 18.6 Å². The fourth-order valence-electron chi connectivity index (χ4n) is 5.09. The number of carbonyl (C=O) groups excluding carboxylic acids is 1. The van der Waals surface area contributed by atoms with Crippen LogP contribution in [0.15, 0.2) is 18.6 Å². The van der Waals surface area contributed by atoms with Gasteiger partial charge in [-0.15, -0.1) is 4.37 Å². The van der Waals surface area contributed by atoms with Gasteiger partial charge in [-0.2, -0.15) is 4.98 Å². The smallest absolute Gasteiger partial charge is 0.329 e. The van der Waals surface area contributed by atoms with Gasteiger partial charge in [-0.3, -0.25) is 5.32 Å². The number of anilines is 2. The van der Waals surface area contributed by atoms with Gasteiger partial charge in [0.2, 0.25) is 5.13 Å². The molecular weight excluding hydrogens is 428 g/mol. The maximum absolute atomic E-state index is 12.7. The van der Waals surface area contributed by atoms with Gasteiger partial charge in [-0.1, -0.05) is 0 Å². The van der Waals surface area contributed by atoms with Crippen molar-refractivity contribution in [1.82, 2.24) is 28.8 Å². The summed E-state index contributed by atoms with van der Waals surface area (Å²) in [7, 11) is 3.64. The molecule has 1 N–H and O–H groups in total. The van der Waals surface area contributed by atoms with Crippen molar-refractivity contribution in [2.24, 2.45) is 11.8 Å². The quantitative estimate of drug-likeness (QED) is 0.629. The van der Waals surface area contributed by atoms with E-state index in [2.05, 4.69) is 67.3 Å². The summed E-state index contributed by atoms with van der Waals surface area (Å²) in [6.45, 7) is 5.85. The van der Waals surface area contributed by atoms with E-state index < -0.39 is 0 Å². The minimum Gasteiger partial charge on any atom is -0.466 e. The maximum atomic E-state index is 12.7. The van der Waals surface area contributed by atoms with E-state index in [1.807, 2.05) is 4.90 Å². The molecule has 1 saturated carbocycles. The number of aromatic nitrogens is 5. The highest BCUT2D eigenvalue weighted by Gasteiger charge is 2.44. The molecule has 11 heteroatoms. The van der Waals surface area contributed by atoms with Crippen LogP contribution in [0.4, 0.5) is 15.7 Å². The van der Waals surface area contributed by atoms with E-state index in [0.29, 0.717) is 29.1 Å². The lowest BCUT2D eigenvalue weighted by Gasteiger charge is -2.28. The second kappa shape index (κ2) is 8.19. The second-order valence-corrected chi connectivity index (χ2v) is 9.68. The molecule has 2 aliphatic rings. The van der Waals surface area contributed by atoms with Gasteiger partial charge in [0.05, 0.1) is 12.5 Å². The summed E-state index contributed by atoms with van der Waals surface area (Å²) in [5, 5.41) is 4.39. The molecule has 3 aromatic heterocycles. The minimum absolute atomic E-state index is 0.115. The molecule has 170 valence electrons. The Morgan fingerprint density at radius 1 is 1.28 bits per heavy atom. The van der Waals surface area contributed by atoms with Crippen LogP contribution in [0.25, 0.3) is 11.0 Å². The second-order valence-electron chi connectivity index (χ2n) is 8.93. The summed E-state index contributed by atoms with van der Waals surface area (Å²) < 4.78 is 11.2. The number of carbonyl (C=O) groups is 1. The van der Waals surface area contributed by atoms with Gasteiger partial charge >= 0.3 is 12.0 Å². The maximum Gasteiger partial charge on any atom is 0.329 e. The van der Waals surface area contributed by atoms with Crippen LogP contribution in [-0.4, -0.2) is 68.1 Å². The Labute approximate surface area is 190 Å². The van der Waals surface area contributed by atoms with E-state index in [-0.39, 0.29) is 12.0 Å². The largest absolute Gasteiger partial charge is 0.466 e. The van der Waals surface area contributed by atoms with Crippen LogP contribution in [0.3, 0.4) is 0 Å². The predicted molar refractivity (Wildman–Crippen MR) is 123 cm³/mol. The van der Waals surface area contributed by atoms with E-state index in [1.54, 1.807) is 6.33 Å². The van der Waals surface area contributed by atoms with Gasteiger partial charge < -0.3 is 19.1 Å². The minimum atomic E-state index is -0.115. The van der Waals surface area contributed by atoms with Crippen LogP contribution in [-0.2, 0) is 0 Å². The zero-order valence-corrected chi connectivity index (χ0v) is 19.5. The molecule has 0 spiro atoms. The topological polar surface area (TPSA) is 101 Å². The fourth-order valence-corrected chi connectivity index (χ4v) is 5.62. The molecule has 32 heavy (non-hydrogen) atoms. The number of nitrogens with zero attached hydrogens (tertiary/aromatic N) is 7. The third-order valence-corrected chi connectivity index (χ3v) is 7.36. The fraction of sp³-hybridized carbons (Fsp3) is 0.571. The van der Waals surface area contributed by atoms with Crippen LogP contribution in [0.5, 0.6) is 6.01 Å². The highest BCUT2D eigenvalue weighted by Crippen LogP contribution is 2.41. The highest BCUT2D eigenvalue weighted by atomic mass is 32.1. The van der Waals surface area contributed by atoms with Crippen LogP contribution in [0, 0.1) is 11.8 Å². The van der Waals surface area contributed by atoms with Crippen molar-refractivity contribution >= 4 is 39.5 Å². The first-order valence-electron chi connectivity index (χ1n) is 10.9. The molecule has 5 rings (SSSR count). The number of nitrogens with one attached hydrogen (secondary N) is 1. The number of amides is 2.